The van der Waals surface area contributed by atoms with Crippen molar-refractivity contribution in [1.82, 2.24) is 15.5 Å². The van der Waals surface area contributed by atoms with Crippen LogP contribution in [0.5, 0.6) is 0 Å². The van der Waals surface area contributed by atoms with Crippen LogP contribution < -0.4 is 10.6 Å². The van der Waals surface area contributed by atoms with Crippen molar-refractivity contribution in [2.45, 2.75) is 26.8 Å². The summed E-state index contributed by atoms with van der Waals surface area (Å²) in [5.74, 6) is 0.316. The lowest BCUT2D eigenvalue weighted by molar-refractivity contribution is -0.120. The van der Waals surface area contributed by atoms with Crippen LogP contribution in [0, 0.1) is 5.92 Å². The van der Waals surface area contributed by atoms with E-state index in [-0.39, 0.29) is 12.5 Å². The molecule has 0 fully saturated rings. The van der Waals surface area contributed by atoms with E-state index < -0.39 is 6.03 Å². The molecule has 1 rings (SSSR count). The topological polar surface area (TPSA) is 61.4 Å². The van der Waals surface area contributed by atoms with Gasteiger partial charge in [0.05, 0.1) is 6.54 Å². The fraction of sp³-hybridized carbons (Fsp3) is 0.500. The van der Waals surface area contributed by atoms with Gasteiger partial charge in [-0.1, -0.05) is 44.2 Å². The highest BCUT2D eigenvalue weighted by molar-refractivity contribution is 5.95. The first-order valence-electron chi connectivity index (χ1n) is 7.27. The largest absolute Gasteiger partial charge is 0.334 e. The lowest BCUT2D eigenvalue weighted by Gasteiger charge is -2.17. The van der Waals surface area contributed by atoms with Gasteiger partial charge in [0.25, 0.3) is 0 Å². The number of carbonyl (C=O) groups excluding carboxylic acids is 2. The van der Waals surface area contributed by atoms with Crippen LogP contribution in [0.1, 0.15) is 25.8 Å². The minimum absolute atomic E-state index is 0.228. The lowest BCUT2D eigenvalue weighted by atomic mass is 10.1. The summed E-state index contributed by atoms with van der Waals surface area (Å²) >= 11 is 0. The van der Waals surface area contributed by atoms with Crippen LogP contribution in [0.25, 0.3) is 0 Å². The van der Waals surface area contributed by atoms with Crippen LogP contribution in [0.15, 0.2) is 30.3 Å². The van der Waals surface area contributed by atoms with Gasteiger partial charge in [-0.25, -0.2) is 4.79 Å². The Morgan fingerprint density at radius 2 is 1.86 bits per heavy atom. The molecule has 2 N–H and O–H groups in total. The van der Waals surface area contributed by atoms with Crippen molar-refractivity contribution in [3.8, 4) is 0 Å². The van der Waals surface area contributed by atoms with Crippen molar-refractivity contribution in [1.29, 1.82) is 0 Å². The van der Waals surface area contributed by atoms with Crippen molar-refractivity contribution in [2.24, 2.45) is 5.92 Å². The molecule has 0 bridgehead atoms. The average molecular weight is 291 g/mol. The van der Waals surface area contributed by atoms with Gasteiger partial charge in [-0.05, 0) is 31.5 Å². The molecule has 116 valence electrons. The third-order valence-electron chi connectivity index (χ3n) is 3.05. The maximum absolute atomic E-state index is 11.7. The first-order valence-corrected chi connectivity index (χ1v) is 7.27. The second-order valence-corrected chi connectivity index (χ2v) is 5.64. The van der Waals surface area contributed by atoms with E-state index in [0.717, 1.165) is 18.5 Å². The summed E-state index contributed by atoms with van der Waals surface area (Å²) < 4.78 is 0. The van der Waals surface area contributed by atoms with Gasteiger partial charge < -0.3 is 5.32 Å². The molecule has 1 aromatic rings. The number of nitrogens with zero attached hydrogens (tertiary/aromatic N) is 1. The van der Waals surface area contributed by atoms with Gasteiger partial charge in [0, 0.05) is 6.54 Å². The Labute approximate surface area is 126 Å². The van der Waals surface area contributed by atoms with Gasteiger partial charge in [0.15, 0.2) is 0 Å². The van der Waals surface area contributed by atoms with E-state index in [9.17, 15) is 9.59 Å². The molecule has 0 aliphatic rings. The zero-order chi connectivity index (χ0) is 15.7. The quantitative estimate of drug-likeness (QED) is 0.807. The fourth-order valence-corrected chi connectivity index (χ4v) is 1.79. The molecule has 1 aromatic carbocycles. The zero-order valence-corrected chi connectivity index (χ0v) is 13.1. The predicted octanol–water partition coefficient (Wildman–Crippen LogP) is 1.99. The van der Waals surface area contributed by atoms with Crippen LogP contribution in [0.2, 0.25) is 0 Å². The summed E-state index contributed by atoms with van der Waals surface area (Å²) in [4.78, 5) is 25.2. The third-order valence-corrected chi connectivity index (χ3v) is 3.05. The Balaban J connectivity index is 2.23. The second-order valence-electron chi connectivity index (χ2n) is 5.64. The van der Waals surface area contributed by atoms with E-state index in [1.165, 1.54) is 0 Å². The van der Waals surface area contributed by atoms with Crippen molar-refractivity contribution in [3.05, 3.63) is 35.9 Å². The van der Waals surface area contributed by atoms with E-state index in [4.69, 9.17) is 0 Å². The Bertz CT molecular complexity index is 446. The number of hydrogen-bond donors (Lipinski definition) is 2. The number of nitrogens with one attached hydrogen (secondary N) is 2. The average Bonchev–Trinajstić information content (AvgIpc) is 2.44. The van der Waals surface area contributed by atoms with E-state index in [1.54, 1.807) is 0 Å². The molecule has 0 radical (unpaired) electrons. The van der Waals surface area contributed by atoms with Gasteiger partial charge in [0.1, 0.15) is 0 Å². The van der Waals surface area contributed by atoms with Crippen molar-refractivity contribution in [3.63, 3.8) is 0 Å². The molecule has 0 aliphatic carbocycles. The molecule has 0 spiro atoms. The molecule has 0 aromatic heterocycles. The molecule has 21 heavy (non-hydrogen) atoms. The number of imide groups is 1. The molecule has 5 nitrogen and oxygen atoms in total. The Morgan fingerprint density at radius 3 is 2.48 bits per heavy atom. The summed E-state index contributed by atoms with van der Waals surface area (Å²) in [5.41, 5.74) is 0.995. The number of benzene rings is 1. The molecule has 0 aliphatic heterocycles. The summed E-state index contributed by atoms with van der Waals surface area (Å²) in [5, 5.41) is 5.00. The molecule has 5 heteroatoms. The van der Waals surface area contributed by atoms with Gasteiger partial charge in [-0.2, -0.15) is 0 Å². The minimum atomic E-state index is -0.457. The van der Waals surface area contributed by atoms with Crippen LogP contribution >= 0.6 is 0 Å². The highest BCUT2D eigenvalue weighted by Gasteiger charge is 2.10. The van der Waals surface area contributed by atoms with Crippen LogP contribution in [-0.2, 0) is 11.3 Å². The van der Waals surface area contributed by atoms with Gasteiger partial charge >= 0.3 is 6.03 Å². The van der Waals surface area contributed by atoms with E-state index in [2.05, 4.69) is 24.5 Å². The highest BCUT2D eigenvalue weighted by Crippen LogP contribution is 2.00. The van der Waals surface area contributed by atoms with Crippen LogP contribution in [0.3, 0.4) is 0 Å². The third kappa shape index (κ3) is 8.09. The number of carbonyl (C=O) groups is 2. The van der Waals surface area contributed by atoms with Gasteiger partial charge in [-0.15, -0.1) is 0 Å². The number of likely N-dealkylation sites (N-methyl/N-ethyl adjacent to an activating group) is 1. The van der Waals surface area contributed by atoms with Crippen molar-refractivity contribution < 1.29 is 9.59 Å². The molecule has 0 unspecified atom stereocenters. The Kier molecular flexibility index (Phi) is 7.46. The van der Waals surface area contributed by atoms with Crippen LogP contribution in [-0.4, -0.2) is 37.0 Å². The van der Waals surface area contributed by atoms with E-state index in [0.29, 0.717) is 12.5 Å². The van der Waals surface area contributed by atoms with E-state index >= 15 is 0 Å². The first-order chi connectivity index (χ1) is 9.97. The van der Waals surface area contributed by atoms with Gasteiger partial charge in [-0.3, -0.25) is 15.0 Å². The maximum Gasteiger partial charge on any atom is 0.321 e. The number of urea groups is 1. The first kappa shape index (κ1) is 17.2. The standard InChI is InChI=1S/C16H25N3O2/c1-13(2)9-10-19(3)12-15(20)18-16(21)17-11-14-7-5-4-6-8-14/h4-8,13H,9-12H2,1-3H3,(H2,17,18,20,21). The van der Waals surface area contributed by atoms with Crippen LogP contribution in [0.4, 0.5) is 4.79 Å². The zero-order valence-electron chi connectivity index (χ0n) is 13.1. The molecule has 0 atom stereocenters. The molecule has 0 heterocycles. The Morgan fingerprint density at radius 1 is 1.19 bits per heavy atom. The molecular formula is C16H25N3O2. The summed E-state index contributed by atoms with van der Waals surface area (Å²) in [6.07, 6.45) is 1.03. The molecule has 3 amide bonds. The molecule has 0 saturated heterocycles. The maximum atomic E-state index is 11.7. The summed E-state index contributed by atoms with van der Waals surface area (Å²) in [7, 11) is 1.88. The van der Waals surface area contributed by atoms with Crippen molar-refractivity contribution in [2.75, 3.05) is 20.1 Å². The molecular weight excluding hydrogens is 266 g/mol. The SMILES string of the molecule is CC(C)CCN(C)CC(=O)NC(=O)NCc1ccccc1. The Hall–Kier alpha value is -1.88. The lowest BCUT2D eigenvalue weighted by Crippen LogP contribution is -2.43. The summed E-state index contributed by atoms with van der Waals surface area (Å²) in [6.45, 7) is 5.77. The normalized spacial score (nSPS) is 10.7. The monoisotopic (exact) mass is 291 g/mol. The summed E-state index contributed by atoms with van der Waals surface area (Å²) in [6, 6.07) is 9.11. The number of amides is 3. The highest BCUT2D eigenvalue weighted by atomic mass is 16.2. The second kappa shape index (κ2) is 9.13. The van der Waals surface area contributed by atoms with Crippen molar-refractivity contribution >= 4 is 11.9 Å². The van der Waals surface area contributed by atoms with E-state index in [1.807, 2.05) is 42.3 Å². The van der Waals surface area contributed by atoms with Gasteiger partial charge in [0.2, 0.25) is 5.91 Å². The minimum Gasteiger partial charge on any atom is -0.334 e. The number of rotatable bonds is 7. The molecule has 0 saturated carbocycles. The number of hydrogen-bond acceptors (Lipinski definition) is 3. The fourth-order valence-electron chi connectivity index (χ4n) is 1.79. The predicted molar refractivity (Wildman–Crippen MR) is 83.8 cm³/mol. The smallest absolute Gasteiger partial charge is 0.321 e.